The summed E-state index contributed by atoms with van der Waals surface area (Å²) in [6, 6.07) is 9.70. The van der Waals surface area contributed by atoms with Crippen LogP contribution >= 0.6 is 0 Å². The van der Waals surface area contributed by atoms with Crippen molar-refractivity contribution in [2.24, 2.45) is 0 Å². The fraction of sp³-hybridized carbons (Fsp3) is 0.0714. The van der Waals surface area contributed by atoms with Gasteiger partial charge in [-0.2, -0.15) is 0 Å². The van der Waals surface area contributed by atoms with E-state index in [0.29, 0.717) is 21.7 Å². The highest BCUT2D eigenvalue weighted by Gasteiger charge is 2.11. The number of para-hydroxylation sites is 1. The second-order valence-electron chi connectivity index (χ2n) is 3.92. The number of halogens is 1. The molecule has 0 fully saturated rings. The Morgan fingerprint density at radius 3 is 2.67 bits per heavy atom. The Hall–Kier alpha value is -2.36. The van der Waals surface area contributed by atoms with Crippen molar-refractivity contribution in [3.63, 3.8) is 0 Å². The zero-order chi connectivity index (χ0) is 12.7. The van der Waals surface area contributed by atoms with Gasteiger partial charge in [0.2, 0.25) is 0 Å². The number of benzene rings is 2. The molecule has 0 aliphatic rings. The van der Waals surface area contributed by atoms with E-state index in [9.17, 15) is 9.18 Å². The quantitative estimate of drug-likeness (QED) is 0.487. The molecule has 0 saturated carbocycles. The van der Waals surface area contributed by atoms with Crippen LogP contribution in [-0.2, 0) is 0 Å². The van der Waals surface area contributed by atoms with Crippen LogP contribution in [0.15, 0.2) is 45.6 Å². The molecule has 0 amide bonds. The van der Waals surface area contributed by atoms with Crippen molar-refractivity contribution in [2.45, 2.75) is 0 Å². The van der Waals surface area contributed by atoms with Gasteiger partial charge in [-0.1, -0.05) is 18.2 Å². The third-order valence-electron chi connectivity index (χ3n) is 2.89. The Bertz CT molecular complexity index is 805. The van der Waals surface area contributed by atoms with Gasteiger partial charge in [0, 0.05) is 10.8 Å². The van der Waals surface area contributed by atoms with Gasteiger partial charge in [0.25, 0.3) is 0 Å². The highest BCUT2D eigenvalue weighted by atomic mass is 19.1. The zero-order valence-corrected chi connectivity index (χ0v) is 9.57. The summed E-state index contributed by atoms with van der Waals surface area (Å²) in [5.41, 5.74) is -0.0541. The van der Waals surface area contributed by atoms with Crippen LogP contribution in [0.25, 0.3) is 21.7 Å². The van der Waals surface area contributed by atoms with Crippen LogP contribution < -0.4 is 10.4 Å². The van der Waals surface area contributed by atoms with Crippen molar-refractivity contribution in [1.82, 2.24) is 0 Å². The predicted molar refractivity (Wildman–Crippen MR) is 66.5 cm³/mol. The number of hydrogen-bond donors (Lipinski definition) is 0. The number of ether oxygens (including phenoxy) is 1. The summed E-state index contributed by atoms with van der Waals surface area (Å²) >= 11 is 0. The fourth-order valence-electron chi connectivity index (χ4n) is 2.03. The van der Waals surface area contributed by atoms with Crippen LogP contribution in [0.1, 0.15) is 0 Å². The van der Waals surface area contributed by atoms with Crippen LogP contribution in [0, 0.1) is 5.82 Å². The van der Waals surface area contributed by atoms with E-state index in [0.717, 1.165) is 0 Å². The average molecular weight is 244 g/mol. The minimum Gasteiger partial charge on any atom is -0.494 e. The predicted octanol–water partition coefficient (Wildman–Crippen LogP) is 3.09. The van der Waals surface area contributed by atoms with Crippen molar-refractivity contribution in [3.8, 4) is 5.75 Å². The van der Waals surface area contributed by atoms with Gasteiger partial charge in [0.1, 0.15) is 5.58 Å². The molecule has 0 bridgehead atoms. The van der Waals surface area contributed by atoms with Crippen molar-refractivity contribution in [3.05, 3.63) is 52.6 Å². The van der Waals surface area contributed by atoms with Crippen LogP contribution in [0.5, 0.6) is 5.75 Å². The minimum absolute atomic E-state index is 0.0325. The van der Waals surface area contributed by atoms with Gasteiger partial charge in [-0.15, -0.1) is 0 Å². The Kier molecular flexibility index (Phi) is 2.30. The summed E-state index contributed by atoms with van der Waals surface area (Å²) in [4.78, 5) is 11.8. The Morgan fingerprint density at radius 1 is 1.11 bits per heavy atom. The second kappa shape index (κ2) is 3.84. The first-order valence-corrected chi connectivity index (χ1v) is 5.40. The molecule has 1 aromatic heterocycles. The van der Waals surface area contributed by atoms with Gasteiger partial charge in [0.05, 0.1) is 12.5 Å². The monoisotopic (exact) mass is 244 g/mol. The normalized spacial score (nSPS) is 11.0. The van der Waals surface area contributed by atoms with Crippen molar-refractivity contribution < 1.29 is 13.5 Å². The molecule has 3 aromatic rings. The summed E-state index contributed by atoms with van der Waals surface area (Å²) in [5.74, 6) is -0.467. The topological polar surface area (TPSA) is 39.4 Å². The molecule has 0 spiro atoms. The lowest BCUT2D eigenvalue weighted by molar-refractivity contribution is 0.387. The average Bonchev–Trinajstić information content (AvgIpc) is 2.38. The SMILES string of the molecule is COc1cc2c(=O)oc3ccccc3c2cc1F. The first-order chi connectivity index (χ1) is 8.70. The molecule has 18 heavy (non-hydrogen) atoms. The molecule has 0 atom stereocenters. The molecular formula is C14H9FO3. The molecule has 1 heterocycles. The van der Waals surface area contributed by atoms with Crippen LogP contribution in [0.3, 0.4) is 0 Å². The van der Waals surface area contributed by atoms with Gasteiger partial charge in [-0.3, -0.25) is 0 Å². The van der Waals surface area contributed by atoms with E-state index in [4.69, 9.17) is 9.15 Å². The second-order valence-corrected chi connectivity index (χ2v) is 3.92. The summed E-state index contributed by atoms with van der Waals surface area (Å²) in [7, 11) is 1.35. The summed E-state index contributed by atoms with van der Waals surface area (Å²) in [6.07, 6.45) is 0. The third-order valence-corrected chi connectivity index (χ3v) is 2.89. The Morgan fingerprint density at radius 2 is 1.89 bits per heavy atom. The molecule has 0 saturated heterocycles. The first-order valence-electron chi connectivity index (χ1n) is 5.40. The van der Waals surface area contributed by atoms with E-state index < -0.39 is 11.4 Å². The molecule has 3 nitrogen and oxygen atoms in total. The first kappa shape index (κ1) is 10.8. The molecular weight excluding hydrogens is 235 g/mol. The Labute approximate surface area is 101 Å². The van der Waals surface area contributed by atoms with Crippen LogP contribution in [0.4, 0.5) is 4.39 Å². The lowest BCUT2D eigenvalue weighted by Gasteiger charge is -2.05. The summed E-state index contributed by atoms with van der Waals surface area (Å²) in [5, 5.41) is 1.54. The third kappa shape index (κ3) is 1.46. The van der Waals surface area contributed by atoms with Crippen LogP contribution in [-0.4, -0.2) is 7.11 Å². The van der Waals surface area contributed by atoms with E-state index in [1.165, 1.54) is 19.2 Å². The summed E-state index contributed by atoms with van der Waals surface area (Å²) in [6.45, 7) is 0. The van der Waals surface area contributed by atoms with E-state index in [1.807, 2.05) is 6.07 Å². The van der Waals surface area contributed by atoms with Crippen molar-refractivity contribution in [2.75, 3.05) is 7.11 Å². The van der Waals surface area contributed by atoms with E-state index in [-0.39, 0.29) is 5.75 Å². The van der Waals surface area contributed by atoms with E-state index >= 15 is 0 Å². The molecule has 0 aliphatic heterocycles. The molecule has 90 valence electrons. The molecule has 0 unspecified atom stereocenters. The largest absolute Gasteiger partial charge is 0.494 e. The molecule has 0 aliphatic carbocycles. The van der Waals surface area contributed by atoms with Crippen LogP contribution in [0.2, 0.25) is 0 Å². The molecule has 2 aromatic carbocycles. The molecule has 3 rings (SSSR count). The maximum atomic E-state index is 13.7. The Balaban J connectivity index is 2.57. The zero-order valence-electron chi connectivity index (χ0n) is 9.57. The standard InChI is InChI=1S/C14H9FO3/c1-17-13-7-10-9(6-11(13)15)8-4-2-3-5-12(8)18-14(10)16/h2-7H,1H3. The fourth-order valence-corrected chi connectivity index (χ4v) is 2.03. The lowest BCUT2D eigenvalue weighted by Crippen LogP contribution is -2.01. The maximum absolute atomic E-state index is 13.7. The van der Waals surface area contributed by atoms with E-state index in [2.05, 4.69) is 0 Å². The maximum Gasteiger partial charge on any atom is 0.344 e. The number of methoxy groups -OCH3 is 1. The molecule has 0 N–H and O–H groups in total. The van der Waals surface area contributed by atoms with Gasteiger partial charge in [-0.25, -0.2) is 9.18 Å². The van der Waals surface area contributed by atoms with Gasteiger partial charge < -0.3 is 9.15 Å². The minimum atomic E-state index is -0.499. The number of hydrogen-bond acceptors (Lipinski definition) is 3. The van der Waals surface area contributed by atoms with Gasteiger partial charge in [-0.05, 0) is 18.2 Å². The highest BCUT2D eigenvalue weighted by Crippen LogP contribution is 2.28. The van der Waals surface area contributed by atoms with Crippen molar-refractivity contribution in [1.29, 1.82) is 0 Å². The number of rotatable bonds is 1. The highest BCUT2D eigenvalue weighted by molar-refractivity contribution is 6.04. The van der Waals surface area contributed by atoms with Gasteiger partial charge in [0.15, 0.2) is 11.6 Å². The molecule has 4 heteroatoms. The smallest absolute Gasteiger partial charge is 0.344 e. The molecule has 0 radical (unpaired) electrons. The lowest BCUT2D eigenvalue weighted by atomic mass is 10.1. The van der Waals surface area contributed by atoms with E-state index in [1.54, 1.807) is 18.2 Å². The number of fused-ring (bicyclic) bond motifs is 3. The summed E-state index contributed by atoms with van der Waals surface area (Å²) < 4.78 is 23.8. The van der Waals surface area contributed by atoms with Gasteiger partial charge >= 0.3 is 5.63 Å². The van der Waals surface area contributed by atoms with Crippen molar-refractivity contribution >= 4 is 21.7 Å².